The summed E-state index contributed by atoms with van der Waals surface area (Å²) < 4.78 is 0.883. The summed E-state index contributed by atoms with van der Waals surface area (Å²) >= 11 is 3.44. The van der Waals surface area contributed by atoms with Crippen LogP contribution >= 0.6 is 15.9 Å². The number of halogens is 1. The summed E-state index contributed by atoms with van der Waals surface area (Å²) in [5.74, 6) is 0.710. The number of aryl methyl sites for hydroxylation is 1. The van der Waals surface area contributed by atoms with E-state index < -0.39 is 0 Å². The number of benzene rings is 1. The molecule has 1 N–H and O–H groups in total. The van der Waals surface area contributed by atoms with Crippen LogP contribution in [-0.2, 0) is 0 Å². The molecule has 1 atom stereocenters. The number of nitrogens with zero attached hydrogens (tertiary/aromatic N) is 1. The van der Waals surface area contributed by atoms with Gasteiger partial charge in [-0.2, -0.15) is 0 Å². The molecule has 0 spiro atoms. The van der Waals surface area contributed by atoms with Crippen molar-refractivity contribution in [2.75, 3.05) is 5.32 Å². The number of rotatable bonds is 4. The van der Waals surface area contributed by atoms with Crippen molar-refractivity contribution in [1.29, 1.82) is 0 Å². The molecule has 1 aromatic carbocycles. The smallest absolute Gasteiger partial charge is 0.274 e. The van der Waals surface area contributed by atoms with E-state index in [-0.39, 0.29) is 10.6 Å². The second-order valence-corrected chi connectivity index (χ2v) is 5.50. The van der Waals surface area contributed by atoms with Crippen LogP contribution in [0.25, 0.3) is 0 Å². The maximum Gasteiger partial charge on any atom is 0.274 e. The van der Waals surface area contributed by atoms with Crippen molar-refractivity contribution >= 4 is 27.3 Å². The molecule has 1 fully saturated rings. The lowest BCUT2D eigenvalue weighted by atomic mass is 10.1. The van der Waals surface area contributed by atoms with Gasteiger partial charge in [0, 0.05) is 22.1 Å². The molecule has 17 heavy (non-hydrogen) atoms. The van der Waals surface area contributed by atoms with Gasteiger partial charge in [0.05, 0.1) is 10.6 Å². The molecule has 0 heterocycles. The molecule has 0 saturated heterocycles. The van der Waals surface area contributed by atoms with E-state index in [0.717, 1.165) is 10.2 Å². The second-order valence-electron chi connectivity index (χ2n) is 4.65. The first-order valence-corrected chi connectivity index (χ1v) is 6.49. The van der Waals surface area contributed by atoms with Gasteiger partial charge in [-0.1, -0.05) is 0 Å². The summed E-state index contributed by atoms with van der Waals surface area (Å²) in [6, 6.07) is 3.77. The van der Waals surface area contributed by atoms with Crippen molar-refractivity contribution in [2.45, 2.75) is 32.7 Å². The molecule has 2 rings (SSSR count). The maximum atomic E-state index is 10.9. The predicted molar refractivity (Wildman–Crippen MR) is 71.3 cm³/mol. The number of nitro benzene ring substituents is 1. The molecular formula is C12H15BrN2O2. The van der Waals surface area contributed by atoms with Crippen molar-refractivity contribution in [1.82, 2.24) is 0 Å². The monoisotopic (exact) mass is 298 g/mol. The highest BCUT2D eigenvalue weighted by molar-refractivity contribution is 9.10. The molecule has 0 amide bonds. The highest BCUT2D eigenvalue weighted by atomic mass is 79.9. The lowest BCUT2D eigenvalue weighted by Gasteiger charge is -2.16. The molecule has 1 saturated carbocycles. The Kier molecular flexibility index (Phi) is 3.38. The summed E-state index contributed by atoms with van der Waals surface area (Å²) in [6.07, 6.45) is 2.50. The first-order chi connectivity index (χ1) is 7.99. The molecule has 1 aliphatic rings. The van der Waals surface area contributed by atoms with Gasteiger partial charge < -0.3 is 5.32 Å². The van der Waals surface area contributed by atoms with Crippen LogP contribution in [0.5, 0.6) is 0 Å². The van der Waals surface area contributed by atoms with Crippen molar-refractivity contribution < 1.29 is 4.92 Å². The molecular weight excluding hydrogens is 284 g/mol. The van der Waals surface area contributed by atoms with E-state index >= 15 is 0 Å². The Bertz CT molecular complexity index is 458. The van der Waals surface area contributed by atoms with Gasteiger partial charge in [-0.3, -0.25) is 10.1 Å². The minimum absolute atomic E-state index is 0.165. The highest BCUT2D eigenvalue weighted by Crippen LogP contribution is 2.36. The summed E-state index contributed by atoms with van der Waals surface area (Å²) in [7, 11) is 0. The van der Waals surface area contributed by atoms with E-state index in [1.807, 2.05) is 0 Å². The largest absolute Gasteiger partial charge is 0.381 e. The molecule has 92 valence electrons. The fraction of sp³-hybridized carbons (Fsp3) is 0.500. The van der Waals surface area contributed by atoms with Crippen LogP contribution in [0.4, 0.5) is 11.4 Å². The lowest BCUT2D eigenvalue weighted by molar-refractivity contribution is -0.385. The Labute approximate surface area is 109 Å². The van der Waals surface area contributed by atoms with Crippen LogP contribution in [0, 0.1) is 23.0 Å². The van der Waals surface area contributed by atoms with Crippen LogP contribution in [0.1, 0.15) is 25.3 Å². The highest BCUT2D eigenvalue weighted by Gasteiger charge is 2.28. The Hall–Kier alpha value is -1.10. The molecule has 0 aromatic heterocycles. The zero-order chi connectivity index (χ0) is 12.6. The Balaban J connectivity index is 2.25. The molecule has 1 unspecified atom stereocenters. The molecule has 0 radical (unpaired) electrons. The van der Waals surface area contributed by atoms with Gasteiger partial charge in [0.25, 0.3) is 5.69 Å². The van der Waals surface area contributed by atoms with Crippen molar-refractivity contribution in [3.8, 4) is 0 Å². The van der Waals surface area contributed by atoms with E-state index in [1.165, 1.54) is 12.8 Å². The first-order valence-electron chi connectivity index (χ1n) is 5.70. The Morgan fingerprint density at radius 1 is 1.53 bits per heavy atom. The summed E-state index contributed by atoms with van der Waals surface area (Å²) in [6.45, 7) is 3.87. The lowest BCUT2D eigenvalue weighted by Crippen LogP contribution is -2.17. The number of hydrogen-bond donors (Lipinski definition) is 1. The number of nitro groups is 1. The second kappa shape index (κ2) is 4.64. The molecule has 1 aromatic rings. The summed E-state index contributed by atoms with van der Waals surface area (Å²) in [5, 5.41) is 14.2. The van der Waals surface area contributed by atoms with E-state index in [0.29, 0.717) is 17.5 Å². The van der Waals surface area contributed by atoms with Gasteiger partial charge in [-0.25, -0.2) is 0 Å². The first kappa shape index (κ1) is 12.4. The zero-order valence-corrected chi connectivity index (χ0v) is 11.5. The molecule has 0 bridgehead atoms. The van der Waals surface area contributed by atoms with Crippen molar-refractivity contribution in [2.24, 2.45) is 5.92 Å². The number of hydrogen-bond acceptors (Lipinski definition) is 3. The molecule has 0 aliphatic heterocycles. The van der Waals surface area contributed by atoms with E-state index in [4.69, 9.17) is 0 Å². The molecule has 1 aliphatic carbocycles. The van der Waals surface area contributed by atoms with Crippen molar-refractivity contribution in [3.63, 3.8) is 0 Å². The van der Waals surface area contributed by atoms with Gasteiger partial charge >= 0.3 is 0 Å². The van der Waals surface area contributed by atoms with Crippen molar-refractivity contribution in [3.05, 3.63) is 32.3 Å². The molecule has 4 nitrogen and oxygen atoms in total. The number of nitrogens with one attached hydrogen (secondary N) is 1. The minimum Gasteiger partial charge on any atom is -0.381 e. The molecule has 5 heteroatoms. The fourth-order valence-corrected chi connectivity index (χ4v) is 2.50. The summed E-state index contributed by atoms with van der Waals surface area (Å²) in [4.78, 5) is 10.5. The van der Waals surface area contributed by atoms with Gasteiger partial charge in [-0.15, -0.1) is 0 Å². The standard InChI is InChI=1S/C12H15BrN2O2/c1-7-5-10(13)11(6-12(7)15(16)17)14-8(2)9-3-4-9/h5-6,8-9,14H,3-4H2,1-2H3. The van der Waals surface area contributed by atoms with Crippen LogP contribution in [0.2, 0.25) is 0 Å². The van der Waals surface area contributed by atoms with Crippen LogP contribution in [0.3, 0.4) is 0 Å². The fourth-order valence-electron chi connectivity index (χ4n) is 1.93. The third-order valence-corrected chi connectivity index (χ3v) is 3.85. The van der Waals surface area contributed by atoms with Gasteiger partial charge in [0.2, 0.25) is 0 Å². The van der Waals surface area contributed by atoms with Crippen LogP contribution in [0.15, 0.2) is 16.6 Å². The quantitative estimate of drug-likeness (QED) is 0.678. The zero-order valence-electron chi connectivity index (χ0n) is 9.87. The predicted octanol–water partition coefficient (Wildman–Crippen LogP) is 3.88. The van der Waals surface area contributed by atoms with Gasteiger partial charge in [-0.05, 0) is 54.6 Å². The maximum absolute atomic E-state index is 10.9. The third-order valence-electron chi connectivity index (χ3n) is 3.19. The average Bonchev–Trinajstić information content (AvgIpc) is 3.04. The Morgan fingerprint density at radius 3 is 2.71 bits per heavy atom. The Morgan fingerprint density at radius 2 is 2.18 bits per heavy atom. The minimum atomic E-state index is -0.339. The number of anilines is 1. The third kappa shape index (κ3) is 2.77. The van der Waals surface area contributed by atoms with E-state index in [1.54, 1.807) is 19.1 Å². The van der Waals surface area contributed by atoms with E-state index in [9.17, 15) is 10.1 Å². The average molecular weight is 299 g/mol. The summed E-state index contributed by atoms with van der Waals surface area (Å²) in [5.41, 5.74) is 1.65. The van der Waals surface area contributed by atoms with Gasteiger partial charge in [0.1, 0.15) is 0 Å². The topological polar surface area (TPSA) is 55.2 Å². The van der Waals surface area contributed by atoms with E-state index in [2.05, 4.69) is 28.2 Å². The van der Waals surface area contributed by atoms with Gasteiger partial charge in [0.15, 0.2) is 0 Å². The van der Waals surface area contributed by atoms with Crippen LogP contribution < -0.4 is 5.32 Å². The van der Waals surface area contributed by atoms with Crippen LogP contribution in [-0.4, -0.2) is 11.0 Å². The normalized spacial score (nSPS) is 16.6. The SMILES string of the molecule is Cc1cc(Br)c(NC(C)C2CC2)cc1[N+](=O)[O-].